The van der Waals surface area contributed by atoms with Gasteiger partial charge in [0.25, 0.3) is 5.91 Å². The van der Waals surface area contributed by atoms with E-state index >= 15 is 0 Å². The zero-order valence-electron chi connectivity index (χ0n) is 14.7. The van der Waals surface area contributed by atoms with E-state index in [0.717, 1.165) is 19.4 Å². The number of hydrogen-bond acceptors (Lipinski definition) is 6. The molecule has 138 valence electrons. The molecule has 3 rings (SSSR count). The number of nitrogens with one attached hydrogen (secondary N) is 1. The average Bonchev–Trinajstić information content (AvgIpc) is 2.68. The van der Waals surface area contributed by atoms with Crippen LogP contribution in [0.3, 0.4) is 0 Å². The van der Waals surface area contributed by atoms with Gasteiger partial charge in [0.15, 0.2) is 11.5 Å². The number of aromatic nitrogens is 2. The smallest absolute Gasteiger partial charge is 0.251 e. The van der Waals surface area contributed by atoms with Gasteiger partial charge in [0, 0.05) is 37.1 Å². The highest BCUT2D eigenvalue weighted by atomic mass is 35.5. The summed E-state index contributed by atoms with van der Waals surface area (Å²) in [5.74, 6) is 1.32. The lowest BCUT2D eigenvalue weighted by Crippen LogP contribution is -2.48. The molecule has 0 saturated carbocycles. The normalized spacial score (nSPS) is 16.9. The van der Waals surface area contributed by atoms with Crippen LogP contribution in [0.4, 0.5) is 5.95 Å². The minimum atomic E-state index is -0.200. The second-order valence-electron chi connectivity index (χ2n) is 6.00. The van der Waals surface area contributed by atoms with E-state index in [4.69, 9.17) is 21.1 Å². The summed E-state index contributed by atoms with van der Waals surface area (Å²) in [4.78, 5) is 23.3. The average molecular weight is 377 g/mol. The summed E-state index contributed by atoms with van der Waals surface area (Å²) in [6.07, 6.45) is 5.29. The van der Waals surface area contributed by atoms with E-state index in [1.807, 2.05) is 0 Å². The lowest BCUT2D eigenvalue weighted by atomic mass is 10.1. The Morgan fingerprint density at radius 1 is 1.27 bits per heavy atom. The van der Waals surface area contributed by atoms with E-state index < -0.39 is 0 Å². The number of nitrogens with zero attached hydrogens (tertiary/aromatic N) is 3. The molecule has 7 nitrogen and oxygen atoms in total. The molecule has 0 aliphatic carbocycles. The van der Waals surface area contributed by atoms with Crippen molar-refractivity contribution >= 4 is 23.5 Å². The second kappa shape index (κ2) is 8.23. The third-order valence-corrected chi connectivity index (χ3v) is 4.57. The van der Waals surface area contributed by atoms with Crippen LogP contribution in [0.15, 0.2) is 30.6 Å². The van der Waals surface area contributed by atoms with Crippen LogP contribution in [0, 0.1) is 0 Å². The van der Waals surface area contributed by atoms with Gasteiger partial charge >= 0.3 is 0 Å². The molecule has 1 aliphatic rings. The minimum Gasteiger partial charge on any atom is -0.493 e. The summed E-state index contributed by atoms with van der Waals surface area (Å²) in [6.45, 7) is 1.54. The van der Waals surface area contributed by atoms with E-state index in [2.05, 4.69) is 20.2 Å². The second-order valence-corrected chi connectivity index (χ2v) is 6.41. The van der Waals surface area contributed by atoms with Gasteiger partial charge in [-0.25, -0.2) is 9.97 Å². The van der Waals surface area contributed by atoms with Gasteiger partial charge in [0.2, 0.25) is 5.95 Å². The van der Waals surface area contributed by atoms with E-state index in [-0.39, 0.29) is 11.9 Å². The van der Waals surface area contributed by atoms with Crippen molar-refractivity contribution < 1.29 is 14.3 Å². The molecule has 1 aromatic carbocycles. The molecule has 1 fully saturated rings. The number of carbonyl (C=O) groups is 1. The molecular formula is C18H21ClN4O3. The number of amides is 1. The number of hydrogen-bond donors (Lipinski definition) is 1. The zero-order valence-corrected chi connectivity index (χ0v) is 15.5. The van der Waals surface area contributed by atoms with Gasteiger partial charge < -0.3 is 19.7 Å². The maximum absolute atomic E-state index is 12.7. The van der Waals surface area contributed by atoms with Crippen LogP contribution in [-0.4, -0.2) is 49.2 Å². The molecule has 0 unspecified atom stereocenters. The minimum absolute atomic E-state index is 0.00642. The monoisotopic (exact) mass is 376 g/mol. The first-order chi connectivity index (χ1) is 12.6. The van der Waals surface area contributed by atoms with E-state index in [1.165, 1.54) is 14.2 Å². The van der Waals surface area contributed by atoms with Gasteiger partial charge in [-0.15, -0.1) is 0 Å². The third kappa shape index (κ3) is 3.99. The summed E-state index contributed by atoms with van der Waals surface area (Å²) in [7, 11) is 3.01. The molecule has 0 radical (unpaired) electrons. The lowest BCUT2D eigenvalue weighted by Gasteiger charge is -2.33. The van der Waals surface area contributed by atoms with Crippen LogP contribution < -0.4 is 19.7 Å². The van der Waals surface area contributed by atoms with Crippen LogP contribution in [0.1, 0.15) is 23.2 Å². The van der Waals surface area contributed by atoms with Crippen molar-refractivity contribution in [2.24, 2.45) is 0 Å². The SMILES string of the molecule is COc1cc(C(=O)N[C@@H]2CCCN(c3ncccn3)C2)cc(Cl)c1OC. The first-order valence-corrected chi connectivity index (χ1v) is 8.74. The van der Waals surface area contributed by atoms with Crippen molar-refractivity contribution in [3.8, 4) is 11.5 Å². The van der Waals surface area contributed by atoms with Crippen LogP contribution >= 0.6 is 11.6 Å². The fourth-order valence-electron chi connectivity index (χ4n) is 3.05. The molecule has 1 saturated heterocycles. The lowest BCUT2D eigenvalue weighted by molar-refractivity contribution is 0.0932. The molecule has 1 amide bonds. The largest absolute Gasteiger partial charge is 0.493 e. The summed E-state index contributed by atoms with van der Waals surface area (Å²) >= 11 is 6.19. The number of anilines is 1. The summed E-state index contributed by atoms with van der Waals surface area (Å²) in [5, 5.41) is 3.39. The summed E-state index contributed by atoms with van der Waals surface area (Å²) in [6, 6.07) is 5.00. The number of carbonyl (C=O) groups excluding carboxylic acids is 1. The van der Waals surface area contributed by atoms with Crippen molar-refractivity contribution in [1.82, 2.24) is 15.3 Å². The van der Waals surface area contributed by atoms with Crippen LogP contribution in [0.2, 0.25) is 5.02 Å². The molecule has 26 heavy (non-hydrogen) atoms. The maximum atomic E-state index is 12.7. The van der Waals surface area contributed by atoms with Crippen LogP contribution in [0.5, 0.6) is 11.5 Å². The maximum Gasteiger partial charge on any atom is 0.251 e. The molecule has 1 N–H and O–H groups in total. The topological polar surface area (TPSA) is 76.6 Å². The number of ether oxygens (including phenoxy) is 2. The van der Waals surface area contributed by atoms with Gasteiger partial charge in [-0.1, -0.05) is 11.6 Å². The molecule has 0 spiro atoms. The molecular weight excluding hydrogens is 356 g/mol. The summed E-state index contributed by atoms with van der Waals surface area (Å²) in [5.41, 5.74) is 0.431. The Balaban J connectivity index is 1.70. The van der Waals surface area contributed by atoms with Gasteiger partial charge in [-0.2, -0.15) is 0 Å². The molecule has 1 aromatic heterocycles. The highest BCUT2D eigenvalue weighted by Crippen LogP contribution is 2.36. The predicted molar refractivity (Wildman–Crippen MR) is 99.3 cm³/mol. The highest BCUT2D eigenvalue weighted by molar-refractivity contribution is 6.32. The van der Waals surface area contributed by atoms with Crippen molar-refractivity contribution in [1.29, 1.82) is 0 Å². The summed E-state index contributed by atoms with van der Waals surface area (Å²) < 4.78 is 10.5. The van der Waals surface area contributed by atoms with Gasteiger partial charge in [0.05, 0.1) is 19.2 Å². The van der Waals surface area contributed by atoms with Gasteiger partial charge in [-0.05, 0) is 31.0 Å². The number of halogens is 1. The Labute approximate surface area is 157 Å². The quantitative estimate of drug-likeness (QED) is 0.864. The first kappa shape index (κ1) is 18.3. The van der Waals surface area contributed by atoms with Crippen LogP contribution in [0.25, 0.3) is 0 Å². The van der Waals surface area contributed by atoms with Crippen molar-refractivity contribution in [3.63, 3.8) is 0 Å². The molecule has 0 bridgehead atoms. The Kier molecular flexibility index (Phi) is 5.78. The first-order valence-electron chi connectivity index (χ1n) is 8.36. The highest BCUT2D eigenvalue weighted by Gasteiger charge is 2.24. The van der Waals surface area contributed by atoms with E-state index in [1.54, 1.807) is 30.6 Å². The Bertz CT molecular complexity index is 773. The molecule has 2 heterocycles. The molecule has 1 atom stereocenters. The number of piperidine rings is 1. The number of benzene rings is 1. The Hall–Kier alpha value is -2.54. The fraction of sp³-hybridized carbons (Fsp3) is 0.389. The van der Waals surface area contributed by atoms with Crippen molar-refractivity contribution in [3.05, 3.63) is 41.2 Å². The molecule has 8 heteroatoms. The van der Waals surface area contributed by atoms with Crippen molar-refractivity contribution in [2.75, 3.05) is 32.2 Å². The van der Waals surface area contributed by atoms with Gasteiger partial charge in [-0.3, -0.25) is 4.79 Å². The predicted octanol–water partition coefficient (Wildman–Crippen LogP) is 2.55. The van der Waals surface area contributed by atoms with Crippen molar-refractivity contribution in [2.45, 2.75) is 18.9 Å². The third-order valence-electron chi connectivity index (χ3n) is 4.29. The standard InChI is InChI=1S/C18H21ClN4O3/c1-25-15-10-12(9-14(19)16(15)26-2)17(24)22-13-5-3-8-23(11-13)18-20-6-4-7-21-18/h4,6-7,9-10,13H,3,5,8,11H2,1-2H3,(H,22,24)/t13-/m1/s1. The number of methoxy groups -OCH3 is 2. The molecule has 2 aromatic rings. The molecule has 1 aliphatic heterocycles. The van der Waals surface area contributed by atoms with Crippen LogP contribution in [-0.2, 0) is 0 Å². The van der Waals surface area contributed by atoms with E-state index in [0.29, 0.717) is 34.6 Å². The zero-order chi connectivity index (χ0) is 18.5. The Morgan fingerprint density at radius 3 is 2.73 bits per heavy atom. The number of rotatable bonds is 5. The van der Waals surface area contributed by atoms with E-state index in [9.17, 15) is 4.79 Å². The Morgan fingerprint density at radius 2 is 2.04 bits per heavy atom. The van der Waals surface area contributed by atoms with Gasteiger partial charge in [0.1, 0.15) is 0 Å². The fourth-order valence-corrected chi connectivity index (χ4v) is 3.34.